The van der Waals surface area contributed by atoms with Crippen LogP contribution < -0.4 is 5.32 Å². The summed E-state index contributed by atoms with van der Waals surface area (Å²) < 4.78 is 0. The molecule has 2 N–H and O–H groups in total. The van der Waals surface area contributed by atoms with Gasteiger partial charge < -0.3 is 10.4 Å². The summed E-state index contributed by atoms with van der Waals surface area (Å²) >= 11 is 0. The molecule has 0 saturated carbocycles. The van der Waals surface area contributed by atoms with Crippen molar-refractivity contribution in [1.82, 2.24) is 5.32 Å². The molecule has 3 unspecified atom stereocenters. The van der Waals surface area contributed by atoms with Gasteiger partial charge in [0.05, 0.1) is 5.92 Å². The molecule has 0 saturated heterocycles. The Morgan fingerprint density at radius 3 is 1.38 bits per heavy atom. The monoisotopic (exact) mass is 413 g/mol. The van der Waals surface area contributed by atoms with Crippen molar-refractivity contribution >= 4 is 5.97 Å². The number of unbranched alkanes of at least 4 members (excludes halogenated alkanes) is 8. The van der Waals surface area contributed by atoms with Crippen molar-refractivity contribution in [2.24, 2.45) is 5.92 Å². The molecule has 0 fully saturated rings. The van der Waals surface area contributed by atoms with Gasteiger partial charge in [-0.25, -0.2) is 0 Å². The van der Waals surface area contributed by atoms with Crippen molar-refractivity contribution in [3.05, 3.63) is 0 Å². The van der Waals surface area contributed by atoms with Gasteiger partial charge in [-0.1, -0.05) is 105 Å². The Hall–Kier alpha value is -0.570. The Balaban J connectivity index is 0. The van der Waals surface area contributed by atoms with E-state index in [4.69, 9.17) is 0 Å². The van der Waals surface area contributed by atoms with Gasteiger partial charge in [0, 0.05) is 12.1 Å². The number of carboxylic acids is 1. The second-order valence-electron chi connectivity index (χ2n) is 8.99. The highest BCUT2D eigenvalue weighted by Crippen LogP contribution is 2.19. The lowest BCUT2D eigenvalue weighted by molar-refractivity contribution is -0.142. The normalized spacial score (nSPS) is 14.0. The van der Waals surface area contributed by atoms with Gasteiger partial charge in [0.25, 0.3) is 0 Å². The molecule has 0 aromatic rings. The summed E-state index contributed by atoms with van der Waals surface area (Å²) in [4.78, 5) is 11.1. The number of aliphatic carboxylic acids is 1. The number of hydrogen-bond donors (Lipinski definition) is 2. The molecule has 176 valence electrons. The molecule has 0 radical (unpaired) electrons. The lowest BCUT2D eigenvalue weighted by Gasteiger charge is -2.18. The first-order chi connectivity index (χ1) is 13.9. The minimum atomic E-state index is -0.583. The molecule has 0 aliphatic heterocycles. The van der Waals surface area contributed by atoms with E-state index in [-0.39, 0.29) is 5.92 Å². The summed E-state index contributed by atoms with van der Waals surface area (Å²) in [6.45, 7) is 13.4. The van der Waals surface area contributed by atoms with E-state index in [1.54, 1.807) is 0 Å². The molecule has 0 spiro atoms. The predicted molar refractivity (Wildman–Crippen MR) is 130 cm³/mol. The first kappa shape index (κ1) is 30.6. The smallest absolute Gasteiger partial charge is 0.306 e. The number of carbonyl (C=O) groups is 1. The maximum Gasteiger partial charge on any atom is 0.306 e. The maximum absolute atomic E-state index is 11.1. The van der Waals surface area contributed by atoms with E-state index < -0.39 is 5.97 Å². The highest BCUT2D eigenvalue weighted by Gasteiger charge is 2.16. The Labute approximate surface area is 183 Å². The average molecular weight is 414 g/mol. The van der Waals surface area contributed by atoms with Crippen LogP contribution in [0.1, 0.15) is 144 Å². The van der Waals surface area contributed by atoms with Gasteiger partial charge in [-0.2, -0.15) is 0 Å². The van der Waals surface area contributed by atoms with Gasteiger partial charge in [-0.15, -0.1) is 0 Å². The summed E-state index contributed by atoms with van der Waals surface area (Å²) in [5, 5.41) is 12.8. The zero-order valence-electron chi connectivity index (χ0n) is 20.9. The molecular formula is C26H55NO2. The van der Waals surface area contributed by atoms with Crippen LogP contribution in [0.15, 0.2) is 0 Å². The third-order valence-corrected chi connectivity index (χ3v) is 5.67. The largest absolute Gasteiger partial charge is 0.481 e. The van der Waals surface area contributed by atoms with E-state index >= 15 is 0 Å². The van der Waals surface area contributed by atoms with Crippen molar-refractivity contribution in [2.75, 3.05) is 0 Å². The molecule has 3 atom stereocenters. The van der Waals surface area contributed by atoms with E-state index in [2.05, 4.69) is 46.9 Å². The minimum Gasteiger partial charge on any atom is -0.481 e. The quantitative estimate of drug-likeness (QED) is 0.209. The summed E-state index contributed by atoms with van der Waals surface area (Å²) in [5.41, 5.74) is 0. The summed E-state index contributed by atoms with van der Waals surface area (Å²) in [5.74, 6) is -0.673. The van der Waals surface area contributed by atoms with E-state index in [0.29, 0.717) is 12.1 Å². The summed E-state index contributed by atoms with van der Waals surface area (Å²) in [6, 6.07) is 1.39. The van der Waals surface area contributed by atoms with Crippen LogP contribution in [0.3, 0.4) is 0 Å². The van der Waals surface area contributed by atoms with E-state index in [1.165, 1.54) is 77.0 Å². The Morgan fingerprint density at radius 1 is 0.621 bits per heavy atom. The van der Waals surface area contributed by atoms with Gasteiger partial charge in [0.2, 0.25) is 0 Å². The molecule has 0 aromatic heterocycles. The zero-order chi connectivity index (χ0) is 22.3. The topological polar surface area (TPSA) is 49.3 Å². The van der Waals surface area contributed by atoms with Crippen molar-refractivity contribution in [1.29, 1.82) is 0 Å². The molecule has 0 heterocycles. The van der Waals surface area contributed by atoms with Crippen LogP contribution in [0.4, 0.5) is 0 Å². The first-order valence-corrected chi connectivity index (χ1v) is 12.9. The SMILES string of the molecule is CCCC(C)NC(C)CCC.CCCCCCCCC(CCCCCC)C(=O)O. The van der Waals surface area contributed by atoms with Crippen LogP contribution in [0.5, 0.6) is 0 Å². The maximum atomic E-state index is 11.1. The molecule has 0 aliphatic carbocycles. The fraction of sp³-hybridized carbons (Fsp3) is 0.962. The second kappa shape index (κ2) is 23.7. The molecule has 3 heteroatoms. The predicted octanol–water partition coefficient (Wildman–Crippen LogP) is 8.36. The van der Waals surface area contributed by atoms with Gasteiger partial charge in [0.15, 0.2) is 0 Å². The van der Waals surface area contributed by atoms with E-state index in [0.717, 1.165) is 25.7 Å². The van der Waals surface area contributed by atoms with Crippen molar-refractivity contribution in [3.63, 3.8) is 0 Å². The van der Waals surface area contributed by atoms with E-state index in [9.17, 15) is 9.90 Å². The van der Waals surface area contributed by atoms with Crippen LogP contribution in [0.25, 0.3) is 0 Å². The number of hydrogen-bond acceptors (Lipinski definition) is 2. The fourth-order valence-electron chi connectivity index (χ4n) is 3.90. The van der Waals surface area contributed by atoms with Crippen molar-refractivity contribution in [2.45, 2.75) is 156 Å². The molecular weight excluding hydrogens is 358 g/mol. The standard InChI is InChI=1S/C16H32O2.C10H23N/c1-3-5-7-9-10-12-14-15(16(17)18)13-11-8-6-4-2;1-5-7-9(3)11-10(4)8-6-2/h15H,3-14H2,1-2H3,(H,17,18);9-11H,5-8H2,1-4H3. The molecule has 0 rings (SSSR count). The van der Waals surface area contributed by atoms with Crippen molar-refractivity contribution < 1.29 is 9.90 Å². The van der Waals surface area contributed by atoms with Gasteiger partial charge in [-0.3, -0.25) is 4.79 Å². The minimum absolute atomic E-state index is 0.0898. The average Bonchev–Trinajstić information content (AvgIpc) is 2.66. The lowest BCUT2D eigenvalue weighted by Crippen LogP contribution is -2.34. The van der Waals surface area contributed by atoms with Crippen LogP contribution >= 0.6 is 0 Å². The van der Waals surface area contributed by atoms with Crippen LogP contribution in [-0.2, 0) is 4.79 Å². The highest BCUT2D eigenvalue weighted by molar-refractivity contribution is 5.69. The zero-order valence-corrected chi connectivity index (χ0v) is 20.9. The number of nitrogens with one attached hydrogen (secondary N) is 1. The fourth-order valence-corrected chi connectivity index (χ4v) is 3.90. The Morgan fingerprint density at radius 2 is 1.00 bits per heavy atom. The molecule has 0 aliphatic rings. The summed E-state index contributed by atoms with van der Waals surface area (Å²) in [7, 11) is 0. The molecule has 3 nitrogen and oxygen atoms in total. The molecule has 0 aromatic carbocycles. The lowest BCUT2D eigenvalue weighted by atomic mass is 9.94. The highest BCUT2D eigenvalue weighted by atomic mass is 16.4. The van der Waals surface area contributed by atoms with Gasteiger partial charge >= 0.3 is 5.97 Å². The van der Waals surface area contributed by atoms with Crippen LogP contribution in [-0.4, -0.2) is 23.2 Å². The number of rotatable bonds is 19. The number of carboxylic acid groups (broad SMARTS) is 1. The van der Waals surface area contributed by atoms with Crippen molar-refractivity contribution in [3.8, 4) is 0 Å². The molecule has 0 bridgehead atoms. The summed E-state index contributed by atoms with van der Waals surface area (Å²) in [6.07, 6.45) is 19.1. The van der Waals surface area contributed by atoms with Gasteiger partial charge in [-0.05, 0) is 39.5 Å². The third-order valence-electron chi connectivity index (χ3n) is 5.67. The van der Waals surface area contributed by atoms with Crippen LogP contribution in [0, 0.1) is 5.92 Å². The molecule has 29 heavy (non-hydrogen) atoms. The second-order valence-corrected chi connectivity index (χ2v) is 8.99. The Bertz CT molecular complexity index is 323. The van der Waals surface area contributed by atoms with Crippen LogP contribution in [0.2, 0.25) is 0 Å². The first-order valence-electron chi connectivity index (χ1n) is 12.9. The van der Waals surface area contributed by atoms with E-state index in [1.807, 2.05) is 0 Å². The third kappa shape index (κ3) is 23.6. The Kier molecular flexibility index (Phi) is 25.0. The van der Waals surface area contributed by atoms with Gasteiger partial charge in [0.1, 0.15) is 0 Å². The molecule has 0 amide bonds.